The smallest absolute Gasteiger partial charge is 0.319 e. The van der Waals surface area contributed by atoms with Crippen molar-refractivity contribution in [1.82, 2.24) is 14.9 Å². The third-order valence-corrected chi connectivity index (χ3v) is 6.10. The summed E-state index contributed by atoms with van der Waals surface area (Å²) in [5.41, 5.74) is 1.54. The lowest BCUT2D eigenvalue weighted by Crippen LogP contribution is -2.47. The van der Waals surface area contributed by atoms with Crippen LogP contribution in [0.1, 0.15) is 40.9 Å². The van der Waals surface area contributed by atoms with Gasteiger partial charge in [-0.2, -0.15) is 4.98 Å². The molecule has 0 radical (unpaired) electrons. The highest BCUT2D eigenvalue weighted by Crippen LogP contribution is 2.34. The van der Waals surface area contributed by atoms with E-state index in [2.05, 4.69) is 9.97 Å². The maximum absolute atomic E-state index is 13.5. The lowest BCUT2D eigenvalue weighted by molar-refractivity contribution is -0.133. The molecule has 2 aliphatic rings. The molecule has 2 atom stereocenters. The SMILES string of the molecule is COc1nc(C)c(CC(=O)N2CCC[C@@H]([C@H]3CC(=O)c4cc(F)ccc4O3)C2)c(OC)n1. The van der Waals surface area contributed by atoms with Crippen LogP contribution in [-0.2, 0) is 11.2 Å². The summed E-state index contributed by atoms with van der Waals surface area (Å²) in [7, 11) is 2.97. The highest BCUT2D eigenvalue weighted by atomic mass is 19.1. The van der Waals surface area contributed by atoms with Crippen molar-refractivity contribution in [2.24, 2.45) is 5.92 Å². The second-order valence-corrected chi connectivity index (χ2v) is 8.13. The van der Waals surface area contributed by atoms with E-state index in [4.69, 9.17) is 14.2 Å². The number of halogens is 1. The average molecular weight is 443 g/mol. The van der Waals surface area contributed by atoms with E-state index in [9.17, 15) is 14.0 Å². The van der Waals surface area contributed by atoms with E-state index >= 15 is 0 Å². The number of aromatic nitrogens is 2. The Morgan fingerprint density at radius 3 is 2.84 bits per heavy atom. The summed E-state index contributed by atoms with van der Waals surface area (Å²) >= 11 is 0. The maximum Gasteiger partial charge on any atom is 0.319 e. The molecule has 0 unspecified atom stereocenters. The highest BCUT2D eigenvalue weighted by molar-refractivity contribution is 5.99. The van der Waals surface area contributed by atoms with Crippen molar-refractivity contribution >= 4 is 11.7 Å². The van der Waals surface area contributed by atoms with Crippen molar-refractivity contribution in [3.05, 3.63) is 40.8 Å². The van der Waals surface area contributed by atoms with E-state index in [1.807, 2.05) is 0 Å². The molecule has 0 spiro atoms. The Bertz CT molecular complexity index is 1040. The van der Waals surface area contributed by atoms with Gasteiger partial charge in [-0.25, -0.2) is 9.37 Å². The summed E-state index contributed by atoms with van der Waals surface area (Å²) in [4.78, 5) is 35.9. The molecule has 8 nitrogen and oxygen atoms in total. The number of methoxy groups -OCH3 is 2. The Hall–Kier alpha value is -3.23. The fourth-order valence-corrected chi connectivity index (χ4v) is 4.39. The van der Waals surface area contributed by atoms with E-state index < -0.39 is 5.82 Å². The standard InChI is InChI=1S/C23H26FN3O5/c1-13-16(22(30-2)26-23(25-13)31-3)10-21(29)27-8-4-5-14(12-27)20-11-18(28)17-9-15(24)6-7-19(17)32-20/h6-7,9,14,20H,4-5,8,10-12H2,1-3H3/t14-,20-/m1/s1. The number of piperidine rings is 1. The van der Waals surface area contributed by atoms with E-state index in [1.54, 1.807) is 11.8 Å². The molecule has 0 N–H and O–H groups in total. The van der Waals surface area contributed by atoms with Gasteiger partial charge in [-0.1, -0.05) is 0 Å². The number of rotatable bonds is 5. The second kappa shape index (κ2) is 9.10. The van der Waals surface area contributed by atoms with E-state index in [1.165, 1.54) is 32.4 Å². The molecule has 1 aromatic heterocycles. The van der Waals surface area contributed by atoms with E-state index in [-0.39, 0.29) is 48.1 Å². The topological polar surface area (TPSA) is 90.9 Å². The van der Waals surface area contributed by atoms with Gasteiger partial charge in [0.25, 0.3) is 0 Å². The summed E-state index contributed by atoms with van der Waals surface area (Å²) in [6, 6.07) is 4.20. The number of likely N-dealkylation sites (tertiary alicyclic amines) is 1. The van der Waals surface area contributed by atoms with Crippen molar-refractivity contribution in [1.29, 1.82) is 0 Å². The first-order valence-electron chi connectivity index (χ1n) is 10.6. The first-order chi connectivity index (χ1) is 15.4. The van der Waals surface area contributed by atoms with Crippen molar-refractivity contribution < 1.29 is 28.2 Å². The number of ether oxygens (including phenoxy) is 3. The lowest BCUT2D eigenvalue weighted by Gasteiger charge is -2.38. The highest BCUT2D eigenvalue weighted by Gasteiger charge is 2.36. The molecule has 170 valence electrons. The molecule has 2 aliphatic heterocycles. The zero-order valence-electron chi connectivity index (χ0n) is 18.4. The van der Waals surface area contributed by atoms with Crippen LogP contribution in [0.3, 0.4) is 0 Å². The molecule has 0 saturated carbocycles. The first kappa shape index (κ1) is 22.0. The van der Waals surface area contributed by atoms with Gasteiger partial charge in [0.15, 0.2) is 5.78 Å². The van der Waals surface area contributed by atoms with E-state index in [0.717, 1.165) is 12.8 Å². The van der Waals surface area contributed by atoms with Crippen LogP contribution in [0.25, 0.3) is 0 Å². The predicted octanol–water partition coefficient (Wildman–Crippen LogP) is 2.76. The number of carbonyl (C=O) groups is 2. The van der Waals surface area contributed by atoms with Gasteiger partial charge in [-0.05, 0) is 38.0 Å². The summed E-state index contributed by atoms with van der Waals surface area (Å²) in [6.45, 7) is 2.91. The van der Waals surface area contributed by atoms with Crippen LogP contribution in [0.5, 0.6) is 17.6 Å². The van der Waals surface area contributed by atoms with Crippen LogP contribution < -0.4 is 14.2 Å². The molecule has 3 heterocycles. The first-order valence-corrected chi connectivity index (χ1v) is 10.6. The van der Waals surface area contributed by atoms with Crippen LogP contribution in [0, 0.1) is 18.7 Å². The number of hydrogen-bond acceptors (Lipinski definition) is 7. The summed E-state index contributed by atoms with van der Waals surface area (Å²) in [5.74, 6) is 0.101. The number of aryl methyl sites for hydroxylation is 1. The Labute approximate surface area is 185 Å². The van der Waals surface area contributed by atoms with Gasteiger partial charge in [0.05, 0.1) is 31.9 Å². The molecule has 9 heteroatoms. The Morgan fingerprint density at radius 1 is 1.28 bits per heavy atom. The molecule has 2 aromatic rings. The summed E-state index contributed by atoms with van der Waals surface area (Å²) in [6.07, 6.45) is 1.62. The fourth-order valence-electron chi connectivity index (χ4n) is 4.39. The minimum atomic E-state index is -0.457. The molecule has 1 saturated heterocycles. The monoisotopic (exact) mass is 443 g/mol. The molecule has 1 fully saturated rings. The predicted molar refractivity (Wildman–Crippen MR) is 113 cm³/mol. The van der Waals surface area contributed by atoms with E-state index in [0.29, 0.717) is 36.0 Å². The number of carbonyl (C=O) groups excluding carboxylic acids is 2. The third-order valence-electron chi connectivity index (χ3n) is 6.10. The number of ketones is 1. The number of benzene rings is 1. The molecule has 1 amide bonds. The fraction of sp³-hybridized carbons (Fsp3) is 0.478. The van der Waals surface area contributed by atoms with Crippen LogP contribution in [0.15, 0.2) is 18.2 Å². The Balaban J connectivity index is 1.46. The van der Waals surface area contributed by atoms with Crippen LogP contribution in [0.2, 0.25) is 0 Å². The molecular weight excluding hydrogens is 417 g/mol. The Kier molecular flexibility index (Phi) is 6.25. The number of Topliss-reactive ketones (excluding diaryl/α,β-unsaturated/α-hetero) is 1. The quantitative estimate of drug-likeness (QED) is 0.702. The van der Waals surface area contributed by atoms with Crippen LogP contribution in [-0.4, -0.2) is 60.0 Å². The largest absolute Gasteiger partial charge is 0.489 e. The van der Waals surface area contributed by atoms with Gasteiger partial charge in [0.1, 0.15) is 17.7 Å². The van der Waals surface area contributed by atoms with Crippen molar-refractivity contribution in [3.8, 4) is 17.6 Å². The van der Waals surface area contributed by atoms with Gasteiger partial charge in [0, 0.05) is 31.0 Å². The third kappa shape index (κ3) is 4.37. The minimum Gasteiger partial charge on any atom is -0.489 e. The van der Waals surface area contributed by atoms with Gasteiger partial charge >= 0.3 is 6.01 Å². The molecule has 0 bridgehead atoms. The minimum absolute atomic E-state index is 0.0185. The van der Waals surface area contributed by atoms with Gasteiger partial charge in [0.2, 0.25) is 11.8 Å². The molecule has 0 aliphatic carbocycles. The molecular formula is C23H26FN3O5. The van der Waals surface area contributed by atoms with Crippen molar-refractivity contribution in [2.75, 3.05) is 27.3 Å². The number of fused-ring (bicyclic) bond motifs is 1. The van der Waals surface area contributed by atoms with Gasteiger partial charge in [-0.3, -0.25) is 9.59 Å². The Morgan fingerprint density at radius 2 is 2.09 bits per heavy atom. The molecule has 4 rings (SSSR count). The van der Waals surface area contributed by atoms with Crippen LogP contribution >= 0.6 is 0 Å². The maximum atomic E-state index is 13.5. The van der Waals surface area contributed by atoms with Gasteiger partial charge < -0.3 is 19.1 Å². The van der Waals surface area contributed by atoms with Crippen molar-refractivity contribution in [3.63, 3.8) is 0 Å². The van der Waals surface area contributed by atoms with Crippen LogP contribution in [0.4, 0.5) is 4.39 Å². The summed E-state index contributed by atoms with van der Waals surface area (Å²) < 4.78 is 29.9. The molecule has 32 heavy (non-hydrogen) atoms. The van der Waals surface area contributed by atoms with Crippen molar-refractivity contribution in [2.45, 2.75) is 38.7 Å². The zero-order valence-corrected chi connectivity index (χ0v) is 18.4. The number of amides is 1. The van der Waals surface area contributed by atoms with Gasteiger partial charge in [-0.15, -0.1) is 0 Å². The second-order valence-electron chi connectivity index (χ2n) is 8.13. The zero-order chi connectivity index (χ0) is 22.8. The average Bonchev–Trinajstić information content (AvgIpc) is 2.80. The summed E-state index contributed by atoms with van der Waals surface area (Å²) in [5, 5.41) is 0. The number of nitrogens with zero attached hydrogens (tertiary/aromatic N) is 3. The lowest BCUT2D eigenvalue weighted by atomic mass is 9.86. The number of hydrogen-bond donors (Lipinski definition) is 0. The molecule has 1 aromatic carbocycles. The normalized spacial score (nSPS) is 20.4.